The van der Waals surface area contributed by atoms with Crippen molar-refractivity contribution in [2.75, 3.05) is 14.2 Å². The van der Waals surface area contributed by atoms with Crippen molar-refractivity contribution in [3.63, 3.8) is 0 Å². The summed E-state index contributed by atoms with van der Waals surface area (Å²) in [5.41, 5.74) is 2.37. The first kappa shape index (κ1) is 19.8. The van der Waals surface area contributed by atoms with Crippen LogP contribution in [-0.4, -0.2) is 24.8 Å². The van der Waals surface area contributed by atoms with Gasteiger partial charge >= 0.3 is 5.97 Å². The molecule has 0 amide bonds. The summed E-state index contributed by atoms with van der Waals surface area (Å²) in [5, 5.41) is 0. The molecule has 1 atom stereocenters. The zero-order chi connectivity index (χ0) is 21.3. The van der Waals surface area contributed by atoms with Gasteiger partial charge in [0.25, 0.3) is 5.56 Å². The van der Waals surface area contributed by atoms with Crippen molar-refractivity contribution < 1.29 is 14.3 Å². The van der Waals surface area contributed by atoms with Gasteiger partial charge in [-0.05, 0) is 36.3 Å². The van der Waals surface area contributed by atoms with Gasteiger partial charge in [-0.2, -0.15) is 0 Å². The molecule has 6 nitrogen and oxygen atoms in total. The molecule has 30 heavy (non-hydrogen) atoms. The summed E-state index contributed by atoms with van der Waals surface area (Å²) in [6.45, 7) is 1.77. The maximum atomic E-state index is 13.4. The van der Waals surface area contributed by atoms with Gasteiger partial charge in [0.2, 0.25) is 0 Å². The maximum absolute atomic E-state index is 13.4. The van der Waals surface area contributed by atoms with E-state index >= 15 is 0 Å². The molecule has 0 saturated heterocycles. The van der Waals surface area contributed by atoms with Gasteiger partial charge < -0.3 is 9.47 Å². The second kappa shape index (κ2) is 8.12. The molecule has 0 fully saturated rings. The van der Waals surface area contributed by atoms with E-state index in [-0.39, 0.29) is 5.56 Å². The number of carbonyl (C=O) groups is 1. The number of benzene rings is 2. The van der Waals surface area contributed by atoms with Crippen LogP contribution in [0.5, 0.6) is 5.75 Å². The number of thiazole rings is 1. The fourth-order valence-electron chi connectivity index (χ4n) is 3.53. The number of fused-ring (bicyclic) bond motifs is 1. The van der Waals surface area contributed by atoms with Crippen LogP contribution in [-0.2, 0) is 9.53 Å². The maximum Gasteiger partial charge on any atom is 0.338 e. The van der Waals surface area contributed by atoms with Crippen LogP contribution in [0.15, 0.2) is 75.7 Å². The third-order valence-electron chi connectivity index (χ3n) is 4.93. The minimum absolute atomic E-state index is 0.204. The van der Waals surface area contributed by atoms with E-state index in [0.29, 0.717) is 26.4 Å². The second-order valence-electron chi connectivity index (χ2n) is 6.76. The Morgan fingerprint density at radius 3 is 2.60 bits per heavy atom. The van der Waals surface area contributed by atoms with E-state index in [1.165, 1.54) is 18.4 Å². The van der Waals surface area contributed by atoms with E-state index in [9.17, 15) is 9.59 Å². The quantitative estimate of drug-likeness (QED) is 0.608. The lowest BCUT2D eigenvalue weighted by atomic mass is 9.96. The molecule has 3 aromatic rings. The van der Waals surface area contributed by atoms with Crippen molar-refractivity contribution in [2.45, 2.75) is 13.0 Å². The Kier molecular flexibility index (Phi) is 5.37. The number of methoxy groups -OCH3 is 2. The normalized spacial score (nSPS) is 16.1. The van der Waals surface area contributed by atoms with Gasteiger partial charge in [-0.1, -0.05) is 53.8 Å². The molecule has 0 bridgehead atoms. The fraction of sp³-hybridized carbons (Fsp3) is 0.174. The Morgan fingerprint density at radius 1 is 1.13 bits per heavy atom. The molecule has 152 valence electrons. The Bertz CT molecular complexity index is 1320. The monoisotopic (exact) mass is 420 g/mol. The zero-order valence-corrected chi connectivity index (χ0v) is 17.6. The minimum atomic E-state index is -0.595. The standard InChI is InChI=1S/C23H20N2O4S/c1-14-19(22(27)29-3)20(16-9-5-4-6-10-16)25-21(26)18(30-23(25)24-14)13-15-8-7-11-17(12-15)28-2/h4-13,20H,1-3H3/b18-13-. The summed E-state index contributed by atoms with van der Waals surface area (Å²) < 4.78 is 12.4. The molecule has 2 heterocycles. The van der Waals surface area contributed by atoms with E-state index < -0.39 is 12.0 Å². The minimum Gasteiger partial charge on any atom is -0.497 e. The summed E-state index contributed by atoms with van der Waals surface area (Å²) in [7, 11) is 2.93. The van der Waals surface area contributed by atoms with Crippen molar-refractivity contribution >= 4 is 23.4 Å². The Balaban J connectivity index is 1.96. The highest BCUT2D eigenvalue weighted by Gasteiger charge is 2.32. The highest BCUT2D eigenvalue weighted by molar-refractivity contribution is 7.07. The molecule has 1 aromatic heterocycles. The summed E-state index contributed by atoms with van der Waals surface area (Å²) >= 11 is 1.29. The highest BCUT2D eigenvalue weighted by atomic mass is 32.1. The van der Waals surface area contributed by atoms with Gasteiger partial charge in [0.1, 0.15) is 5.75 Å². The lowest BCUT2D eigenvalue weighted by Crippen LogP contribution is -2.39. The van der Waals surface area contributed by atoms with Crippen LogP contribution in [0.2, 0.25) is 0 Å². The molecule has 4 rings (SSSR count). The van der Waals surface area contributed by atoms with Gasteiger partial charge in [-0.25, -0.2) is 9.79 Å². The Morgan fingerprint density at radius 2 is 1.90 bits per heavy atom. The molecule has 1 aliphatic heterocycles. The average Bonchev–Trinajstić information content (AvgIpc) is 3.07. The molecule has 0 spiro atoms. The number of carbonyl (C=O) groups excluding carboxylic acids is 1. The van der Waals surface area contributed by atoms with Gasteiger partial charge in [0.05, 0.1) is 36.1 Å². The van der Waals surface area contributed by atoms with Crippen LogP contribution in [0.3, 0.4) is 0 Å². The number of hydrogen-bond acceptors (Lipinski definition) is 6. The average molecular weight is 420 g/mol. The second-order valence-corrected chi connectivity index (χ2v) is 7.77. The molecule has 0 N–H and O–H groups in total. The summed E-state index contributed by atoms with van der Waals surface area (Å²) in [6, 6.07) is 16.3. The van der Waals surface area contributed by atoms with Gasteiger partial charge in [0, 0.05) is 0 Å². The molecule has 0 aliphatic carbocycles. The molecule has 0 radical (unpaired) electrons. The van der Waals surface area contributed by atoms with Crippen molar-refractivity contribution in [3.05, 3.63) is 96.7 Å². The SMILES string of the molecule is COC(=O)C1=C(C)N=c2s/c(=C\c3cccc(OC)c3)c(=O)n2C1c1ccccc1. The van der Waals surface area contributed by atoms with Crippen LogP contribution in [0, 0.1) is 0 Å². The predicted molar refractivity (Wildman–Crippen MR) is 115 cm³/mol. The smallest absolute Gasteiger partial charge is 0.338 e. The Labute approximate surface area is 177 Å². The largest absolute Gasteiger partial charge is 0.497 e. The first-order valence-electron chi connectivity index (χ1n) is 9.33. The lowest BCUT2D eigenvalue weighted by Gasteiger charge is -2.24. The van der Waals surface area contributed by atoms with Crippen LogP contribution in [0.25, 0.3) is 6.08 Å². The van der Waals surface area contributed by atoms with E-state index in [0.717, 1.165) is 11.1 Å². The first-order chi connectivity index (χ1) is 14.5. The molecule has 1 unspecified atom stereocenters. The summed E-state index contributed by atoms with van der Waals surface area (Å²) in [4.78, 5) is 31.1. The van der Waals surface area contributed by atoms with Crippen LogP contribution >= 0.6 is 11.3 Å². The number of allylic oxidation sites excluding steroid dienone is 1. The number of rotatable bonds is 4. The lowest BCUT2D eigenvalue weighted by molar-refractivity contribution is -0.136. The molecule has 2 aromatic carbocycles. The summed E-state index contributed by atoms with van der Waals surface area (Å²) in [6.07, 6.45) is 1.81. The van der Waals surface area contributed by atoms with Gasteiger partial charge in [-0.3, -0.25) is 9.36 Å². The van der Waals surface area contributed by atoms with E-state index in [2.05, 4.69) is 4.99 Å². The third-order valence-corrected chi connectivity index (χ3v) is 5.92. The van der Waals surface area contributed by atoms with Crippen molar-refractivity contribution in [1.29, 1.82) is 0 Å². The molecular formula is C23H20N2O4S. The first-order valence-corrected chi connectivity index (χ1v) is 10.1. The molecular weight excluding hydrogens is 400 g/mol. The van der Waals surface area contributed by atoms with Crippen molar-refractivity contribution in [3.8, 4) is 5.75 Å². The van der Waals surface area contributed by atoms with E-state index in [1.54, 1.807) is 18.6 Å². The number of ether oxygens (including phenoxy) is 2. The van der Waals surface area contributed by atoms with Gasteiger partial charge in [0.15, 0.2) is 4.80 Å². The third kappa shape index (κ3) is 3.48. The topological polar surface area (TPSA) is 69.9 Å². The number of nitrogens with zero attached hydrogens (tertiary/aromatic N) is 2. The van der Waals surface area contributed by atoms with Crippen molar-refractivity contribution in [1.82, 2.24) is 4.57 Å². The fourth-order valence-corrected chi connectivity index (χ4v) is 4.57. The van der Waals surface area contributed by atoms with Gasteiger partial charge in [-0.15, -0.1) is 0 Å². The molecule has 0 saturated carbocycles. The predicted octanol–water partition coefficient (Wildman–Crippen LogP) is 2.42. The zero-order valence-electron chi connectivity index (χ0n) is 16.8. The summed E-state index contributed by atoms with van der Waals surface area (Å²) in [5.74, 6) is 0.217. The number of esters is 1. The highest BCUT2D eigenvalue weighted by Crippen LogP contribution is 2.30. The van der Waals surface area contributed by atoms with Crippen molar-refractivity contribution in [2.24, 2.45) is 4.99 Å². The number of hydrogen-bond donors (Lipinski definition) is 0. The van der Waals surface area contributed by atoms with Crippen LogP contribution in [0.1, 0.15) is 24.1 Å². The van der Waals surface area contributed by atoms with Crippen LogP contribution < -0.4 is 19.6 Å². The molecule has 1 aliphatic rings. The Hall–Kier alpha value is -3.45. The van der Waals surface area contributed by atoms with E-state index in [4.69, 9.17) is 9.47 Å². The van der Waals surface area contributed by atoms with Crippen LogP contribution in [0.4, 0.5) is 0 Å². The van der Waals surface area contributed by atoms with E-state index in [1.807, 2.05) is 60.7 Å². The number of aromatic nitrogens is 1. The molecule has 7 heteroatoms.